The van der Waals surface area contributed by atoms with E-state index in [1.54, 1.807) is 6.92 Å². The smallest absolute Gasteiger partial charge is 0.379 e. The van der Waals surface area contributed by atoms with Crippen LogP contribution in [0.1, 0.15) is 29.7 Å². The quantitative estimate of drug-likeness (QED) is 0.654. The van der Waals surface area contributed by atoms with E-state index in [9.17, 15) is 22.8 Å². The molecule has 2 aromatic rings. The first-order chi connectivity index (χ1) is 14.1. The number of nitrogen functional groups attached to an aromatic ring is 1. The van der Waals surface area contributed by atoms with Crippen LogP contribution in [0.2, 0.25) is 0 Å². The molecular weight excluding hydrogens is 399 g/mol. The van der Waals surface area contributed by atoms with Crippen LogP contribution in [0, 0.1) is 24.7 Å². The lowest BCUT2D eigenvalue weighted by atomic mass is 9.85. The summed E-state index contributed by atoms with van der Waals surface area (Å²) in [6.07, 6.45) is -1.89. The topological polar surface area (TPSA) is 102 Å². The van der Waals surface area contributed by atoms with E-state index in [4.69, 9.17) is 5.73 Å². The first-order valence-electron chi connectivity index (χ1n) is 9.24. The number of nitrogens with two attached hydrogens (primary N) is 1. The number of alkyl halides is 3. The molecule has 2 amide bonds. The predicted octanol–water partition coefficient (Wildman–Crippen LogP) is 2.49. The minimum absolute atomic E-state index is 0.00796. The maximum atomic E-state index is 14.1. The fourth-order valence-corrected chi connectivity index (χ4v) is 3.31. The van der Waals surface area contributed by atoms with Gasteiger partial charge in [0.05, 0.1) is 6.54 Å². The molecule has 1 fully saturated rings. The summed E-state index contributed by atoms with van der Waals surface area (Å²) in [5.41, 5.74) is 3.13. The van der Waals surface area contributed by atoms with Gasteiger partial charge in [-0.2, -0.15) is 13.2 Å². The molecule has 1 aliphatic carbocycles. The van der Waals surface area contributed by atoms with Crippen molar-refractivity contribution in [1.29, 1.82) is 0 Å². The summed E-state index contributed by atoms with van der Waals surface area (Å²) in [5, 5.41) is 4.39. The molecule has 30 heavy (non-hydrogen) atoms. The Morgan fingerprint density at radius 3 is 2.73 bits per heavy atom. The lowest BCUT2D eigenvalue weighted by Crippen LogP contribution is -2.59. The van der Waals surface area contributed by atoms with Crippen molar-refractivity contribution in [3.05, 3.63) is 51.6 Å². The maximum Gasteiger partial charge on any atom is 0.427 e. The van der Waals surface area contributed by atoms with Crippen LogP contribution in [0.3, 0.4) is 0 Å². The van der Waals surface area contributed by atoms with Gasteiger partial charge in [0.15, 0.2) is 5.82 Å². The second-order valence-corrected chi connectivity index (χ2v) is 7.43. The molecule has 7 nitrogen and oxygen atoms in total. The highest BCUT2D eigenvalue weighted by Crippen LogP contribution is 2.44. The summed E-state index contributed by atoms with van der Waals surface area (Å²) in [7, 11) is 0. The highest BCUT2D eigenvalue weighted by molar-refractivity contribution is 5.95. The van der Waals surface area contributed by atoms with Crippen molar-refractivity contribution in [3.8, 4) is 11.8 Å². The number of aryl methyl sites for hydroxylation is 1. The van der Waals surface area contributed by atoms with Crippen LogP contribution in [0.5, 0.6) is 0 Å². The van der Waals surface area contributed by atoms with E-state index >= 15 is 0 Å². The zero-order valence-corrected chi connectivity index (χ0v) is 15.9. The minimum Gasteiger partial charge on any atom is -0.379 e. The Balaban J connectivity index is 1.79. The average molecular weight is 417 g/mol. The molecule has 1 saturated carbocycles. The molecule has 156 valence electrons. The standard InChI is InChI=1S/C20H18F3N5O2/c1-11-9-25-16(24)17(29)28(11)10-13-4-5-14-15(8-13)26-18(30)27-19(14,20(21,22)23)7-6-12-2-3-12/h4-5,8-9,12H,2-3,10H2,1H3,(H2,24,25)(H2,26,27,30). The first kappa shape index (κ1) is 19.8. The number of hydrogen-bond acceptors (Lipinski definition) is 4. The zero-order valence-electron chi connectivity index (χ0n) is 15.9. The molecule has 1 aromatic carbocycles. The Morgan fingerprint density at radius 2 is 2.07 bits per heavy atom. The number of halogens is 3. The zero-order chi connectivity index (χ0) is 21.7. The van der Waals surface area contributed by atoms with Gasteiger partial charge in [0.25, 0.3) is 5.56 Å². The second-order valence-electron chi connectivity index (χ2n) is 7.43. The van der Waals surface area contributed by atoms with Crippen LogP contribution in [0.15, 0.2) is 29.2 Å². The van der Waals surface area contributed by atoms with Crippen molar-refractivity contribution in [2.24, 2.45) is 5.92 Å². The fraction of sp³-hybridized carbons (Fsp3) is 0.350. The van der Waals surface area contributed by atoms with Gasteiger partial charge < -0.3 is 20.9 Å². The summed E-state index contributed by atoms with van der Waals surface area (Å²) in [6, 6.07) is 3.16. The number of nitrogens with zero attached hydrogens (tertiary/aromatic N) is 2. The Morgan fingerprint density at radius 1 is 1.33 bits per heavy atom. The Bertz CT molecular complexity index is 1160. The number of carbonyl (C=O) groups excluding carboxylic acids is 1. The largest absolute Gasteiger partial charge is 0.427 e. The van der Waals surface area contributed by atoms with Gasteiger partial charge in [-0.1, -0.05) is 24.0 Å². The molecule has 4 N–H and O–H groups in total. The molecule has 1 unspecified atom stereocenters. The summed E-state index contributed by atoms with van der Waals surface area (Å²) >= 11 is 0. The predicted molar refractivity (Wildman–Crippen MR) is 104 cm³/mol. The van der Waals surface area contributed by atoms with Gasteiger partial charge >= 0.3 is 12.2 Å². The lowest BCUT2D eigenvalue weighted by Gasteiger charge is -2.37. The van der Waals surface area contributed by atoms with E-state index < -0.39 is 23.3 Å². The number of aromatic nitrogens is 2. The number of hydrogen-bond donors (Lipinski definition) is 3. The van der Waals surface area contributed by atoms with Gasteiger partial charge in [-0.05, 0) is 31.4 Å². The summed E-state index contributed by atoms with van der Waals surface area (Å²) < 4.78 is 43.7. The molecule has 1 atom stereocenters. The van der Waals surface area contributed by atoms with Crippen LogP contribution in [-0.4, -0.2) is 21.8 Å². The Labute approximate surface area is 169 Å². The van der Waals surface area contributed by atoms with E-state index in [0.717, 1.165) is 12.8 Å². The molecule has 0 bridgehead atoms. The van der Waals surface area contributed by atoms with Gasteiger partial charge in [-0.15, -0.1) is 0 Å². The van der Waals surface area contributed by atoms with Crippen molar-refractivity contribution in [2.45, 2.75) is 38.0 Å². The van der Waals surface area contributed by atoms with Crippen LogP contribution in [-0.2, 0) is 12.1 Å². The van der Waals surface area contributed by atoms with Crippen molar-refractivity contribution in [1.82, 2.24) is 14.9 Å². The van der Waals surface area contributed by atoms with Crippen molar-refractivity contribution in [3.63, 3.8) is 0 Å². The maximum absolute atomic E-state index is 14.1. The molecule has 0 radical (unpaired) electrons. The molecule has 0 saturated heterocycles. The summed E-state index contributed by atoms with van der Waals surface area (Å²) in [5.74, 6) is 4.67. The molecule has 0 spiro atoms. The summed E-state index contributed by atoms with van der Waals surface area (Å²) in [4.78, 5) is 28.1. The molecule has 2 aliphatic rings. The van der Waals surface area contributed by atoms with Gasteiger partial charge in [-0.25, -0.2) is 9.78 Å². The number of nitrogens with one attached hydrogen (secondary N) is 2. The van der Waals surface area contributed by atoms with Gasteiger partial charge in [-0.3, -0.25) is 4.79 Å². The number of urea groups is 1. The number of anilines is 2. The lowest BCUT2D eigenvalue weighted by molar-refractivity contribution is -0.178. The number of carbonyl (C=O) groups is 1. The van der Waals surface area contributed by atoms with E-state index in [2.05, 4.69) is 22.1 Å². The van der Waals surface area contributed by atoms with Crippen LogP contribution >= 0.6 is 0 Å². The van der Waals surface area contributed by atoms with Crippen molar-refractivity contribution < 1.29 is 18.0 Å². The van der Waals surface area contributed by atoms with Crippen LogP contribution in [0.25, 0.3) is 0 Å². The Hall–Kier alpha value is -3.48. The number of rotatable bonds is 2. The van der Waals surface area contributed by atoms with Crippen molar-refractivity contribution >= 4 is 17.5 Å². The van der Waals surface area contributed by atoms with Gasteiger partial charge in [0.2, 0.25) is 5.54 Å². The number of benzene rings is 1. The van der Waals surface area contributed by atoms with Crippen molar-refractivity contribution in [2.75, 3.05) is 11.1 Å². The van der Waals surface area contributed by atoms with Gasteiger partial charge in [0.1, 0.15) is 0 Å². The third-order valence-corrected chi connectivity index (χ3v) is 5.12. The molecule has 4 rings (SSSR count). The monoisotopic (exact) mass is 417 g/mol. The van der Waals surface area contributed by atoms with E-state index in [-0.39, 0.29) is 29.5 Å². The van der Waals surface area contributed by atoms with Gasteiger partial charge in [0, 0.05) is 29.1 Å². The second kappa shape index (κ2) is 6.79. The van der Waals surface area contributed by atoms with E-state index in [1.165, 1.54) is 29.0 Å². The van der Waals surface area contributed by atoms with E-state index in [1.807, 2.05) is 5.32 Å². The third-order valence-electron chi connectivity index (χ3n) is 5.12. The third kappa shape index (κ3) is 3.36. The number of fused-ring (bicyclic) bond motifs is 1. The summed E-state index contributed by atoms with van der Waals surface area (Å²) in [6.45, 7) is 1.72. The minimum atomic E-state index is -4.82. The molecule has 2 heterocycles. The van der Waals surface area contributed by atoms with Crippen LogP contribution < -0.4 is 21.9 Å². The molecular formula is C20H18F3N5O2. The first-order valence-corrected chi connectivity index (χ1v) is 9.24. The van der Waals surface area contributed by atoms with Crippen LogP contribution in [0.4, 0.5) is 29.5 Å². The number of amides is 2. The molecule has 1 aromatic heterocycles. The SMILES string of the molecule is Cc1cnc(N)c(=O)n1Cc1ccc2c(c1)NC(=O)NC2(C#CC1CC1)C(F)(F)F. The molecule has 1 aliphatic heterocycles. The van der Waals surface area contributed by atoms with E-state index in [0.29, 0.717) is 11.3 Å². The highest BCUT2D eigenvalue weighted by atomic mass is 19.4. The normalized spacial score (nSPS) is 20.5. The fourth-order valence-electron chi connectivity index (χ4n) is 3.31. The molecule has 10 heteroatoms. The highest BCUT2D eigenvalue weighted by Gasteiger charge is 2.59. The Kier molecular flexibility index (Phi) is 4.49. The average Bonchev–Trinajstić information content (AvgIpc) is 3.49.